The molecule has 3 N–H and O–H groups in total. The minimum atomic E-state index is -0.545. The molecule has 0 bridgehead atoms. The maximum Gasteiger partial charge on any atom is 0.120 e. The van der Waals surface area contributed by atoms with E-state index in [4.69, 9.17) is 0 Å². The molecule has 0 amide bonds. The van der Waals surface area contributed by atoms with Crippen molar-refractivity contribution in [2.75, 3.05) is 6.54 Å². The standard InChI is InChI=1S/C17H21NO2/c1-2-15(14-10-6-7-11-16(14)19)18-12-17(20)13-8-4-3-5-9-13/h3-11,15,17-20H,2,12H2,1H3. The highest BCUT2D eigenvalue weighted by Gasteiger charge is 2.14. The van der Waals surface area contributed by atoms with E-state index in [1.807, 2.05) is 48.5 Å². The third-order valence-electron chi connectivity index (χ3n) is 3.46. The van der Waals surface area contributed by atoms with Crippen molar-refractivity contribution in [3.8, 4) is 5.75 Å². The molecule has 0 fully saturated rings. The zero-order chi connectivity index (χ0) is 14.4. The van der Waals surface area contributed by atoms with Gasteiger partial charge in [0.25, 0.3) is 0 Å². The molecule has 0 spiro atoms. The highest BCUT2D eigenvalue weighted by molar-refractivity contribution is 5.34. The van der Waals surface area contributed by atoms with E-state index in [2.05, 4.69) is 12.2 Å². The molecule has 2 unspecified atom stereocenters. The average molecular weight is 271 g/mol. The minimum Gasteiger partial charge on any atom is -0.508 e. The molecule has 2 atom stereocenters. The van der Waals surface area contributed by atoms with Crippen LogP contribution in [0.15, 0.2) is 54.6 Å². The van der Waals surface area contributed by atoms with Crippen molar-refractivity contribution in [2.24, 2.45) is 0 Å². The van der Waals surface area contributed by atoms with Crippen LogP contribution in [0, 0.1) is 0 Å². The Hall–Kier alpha value is -1.84. The van der Waals surface area contributed by atoms with Crippen LogP contribution < -0.4 is 5.32 Å². The summed E-state index contributed by atoms with van der Waals surface area (Å²) in [6.45, 7) is 2.51. The fourth-order valence-electron chi connectivity index (χ4n) is 2.30. The van der Waals surface area contributed by atoms with Crippen LogP contribution in [0.5, 0.6) is 5.75 Å². The van der Waals surface area contributed by atoms with Gasteiger partial charge < -0.3 is 15.5 Å². The summed E-state index contributed by atoms with van der Waals surface area (Å²) >= 11 is 0. The second-order valence-electron chi connectivity index (χ2n) is 4.85. The number of aliphatic hydroxyl groups excluding tert-OH is 1. The predicted molar refractivity (Wildman–Crippen MR) is 80.5 cm³/mol. The Morgan fingerprint density at radius 1 is 1.00 bits per heavy atom. The third kappa shape index (κ3) is 3.59. The lowest BCUT2D eigenvalue weighted by molar-refractivity contribution is 0.169. The van der Waals surface area contributed by atoms with Crippen molar-refractivity contribution in [2.45, 2.75) is 25.5 Å². The van der Waals surface area contributed by atoms with Crippen molar-refractivity contribution in [3.63, 3.8) is 0 Å². The summed E-state index contributed by atoms with van der Waals surface area (Å²) in [5.41, 5.74) is 1.77. The van der Waals surface area contributed by atoms with Gasteiger partial charge in [-0.15, -0.1) is 0 Å². The summed E-state index contributed by atoms with van der Waals surface area (Å²) < 4.78 is 0. The summed E-state index contributed by atoms with van der Waals surface area (Å²) in [5, 5.41) is 23.4. The number of aliphatic hydroxyl groups is 1. The zero-order valence-corrected chi connectivity index (χ0v) is 11.7. The molecule has 2 aromatic rings. The van der Waals surface area contributed by atoms with Crippen LogP contribution in [0.2, 0.25) is 0 Å². The van der Waals surface area contributed by atoms with Gasteiger partial charge in [0, 0.05) is 18.2 Å². The number of nitrogens with one attached hydrogen (secondary N) is 1. The van der Waals surface area contributed by atoms with Crippen LogP contribution in [-0.4, -0.2) is 16.8 Å². The van der Waals surface area contributed by atoms with Crippen molar-refractivity contribution in [1.82, 2.24) is 5.32 Å². The molecule has 0 saturated carbocycles. The minimum absolute atomic E-state index is 0.0366. The van der Waals surface area contributed by atoms with Gasteiger partial charge in [0.1, 0.15) is 5.75 Å². The maximum absolute atomic E-state index is 10.2. The molecule has 3 nitrogen and oxygen atoms in total. The van der Waals surface area contributed by atoms with Gasteiger partial charge in [0.15, 0.2) is 0 Å². The van der Waals surface area contributed by atoms with Crippen LogP contribution in [0.1, 0.15) is 36.6 Å². The van der Waals surface area contributed by atoms with Crippen molar-refractivity contribution in [1.29, 1.82) is 0 Å². The number of hydrogen-bond donors (Lipinski definition) is 3. The summed E-state index contributed by atoms with van der Waals surface area (Å²) in [5.74, 6) is 0.293. The number of rotatable bonds is 6. The molecule has 0 aromatic heterocycles. The SMILES string of the molecule is CCC(NCC(O)c1ccccc1)c1ccccc1O. The Bertz CT molecular complexity index is 528. The van der Waals surface area contributed by atoms with Crippen LogP contribution >= 0.6 is 0 Å². The first-order valence-electron chi connectivity index (χ1n) is 6.96. The summed E-state index contributed by atoms with van der Waals surface area (Å²) in [6.07, 6.45) is 0.301. The summed E-state index contributed by atoms with van der Waals surface area (Å²) in [7, 11) is 0. The highest BCUT2D eigenvalue weighted by atomic mass is 16.3. The Labute approximate surface area is 119 Å². The second-order valence-corrected chi connectivity index (χ2v) is 4.85. The first kappa shape index (κ1) is 14.6. The van der Waals surface area contributed by atoms with E-state index in [-0.39, 0.29) is 6.04 Å². The Kier molecular flexibility index (Phi) is 5.16. The van der Waals surface area contributed by atoms with Gasteiger partial charge in [-0.05, 0) is 18.1 Å². The third-order valence-corrected chi connectivity index (χ3v) is 3.46. The maximum atomic E-state index is 10.2. The van der Waals surface area contributed by atoms with Crippen LogP contribution in [-0.2, 0) is 0 Å². The average Bonchev–Trinajstić information content (AvgIpc) is 2.50. The van der Waals surface area contributed by atoms with Crippen molar-refractivity contribution >= 4 is 0 Å². The molecule has 2 rings (SSSR count). The van der Waals surface area contributed by atoms with Gasteiger partial charge >= 0.3 is 0 Å². The monoisotopic (exact) mass is 271 g/mol. The van der Waals surface area contributed by atoms with Gasteiger partial charge in [-0.2, -0.15) is 0 Å². The molecule has 0 radical (unpaired) electrons. The molecule has 0 aliphatic heterocycles. The van der Waals surface area contributed by atoms with Gasteiger partial charge in [-0.25, -0.2) is 0 Å². The van der Waals surface area contributed by atoms with Gasteiger partial charge in [0.2, 0.25) is 0 Å². The number of para-hydroxylation sites is 1. The first-order valence-corrected chi connectivity index (χ1v) is 6.96. The van der Waals surface area contributed by atoms with Crippen LogP contribution in [0.4, 0.5) is 0 Å². The molecule has 3 heteroatoms. The summed E-state index contributed by atoms with van der Waals surface area (Å²) in [4.78, 5) is 0. The molecule has 0 heterocycles. The molecule has 20 heavy (non-hydrogen) atoms. The first-order chi connectivity index (χ1) is 9.72. The van der Waals surface area contributed by atoms with E-state index in [1.165, 1.54) is 0 Å². The normalized spacial score (nSPS) is 13.9. The number of hydrogen-bond acceptors (Lipinski definition) is 3. The van der Waals surface area contributed by atoms with Crippen LogP contribution in [0.3, 0.4) is 0 Å². The van der Waals surface area contributed by atoms with E-state index >= 15 is 0 Å². The van der Waals surface area contributed by atoms with Crippen molar-refractivity contribution < 1.29 is 10.2 Å². The molecule has 0 aliphatic rings. The number of phenols is 1. The van der Waals surface area contributed by atoms with E-state index in [1.54, 1.807) is 6.07 Å². The fraction of sp³-hybridized carbons (Fsp3) is 0.294. The molecule has 0 saturated heterocycles. The number of aromatic hydroxyl groups is 1. The fourth-order valence-corrected chi connectivity index (χ4v) is 2.30. The topological polar surface area (TPSA) is 52.5 Å². The summed E-state index contributed by atoms with van der Waals surface area (Å²) in [6, 6.07) is 16.9. The van der Waals surface area contributed by atoms with Crippen molar-refractivity contribution in [3.05, 3.63) is 65.7 Å². The van der Waals surface area contributed by atoms with Gasteiger partial charge in [-0.1, -0.05) is 55.5 Å². The molecule has 106 valence electrons. The smallest absolute Gasteiger partial charge is 0.120 e. The lowest BCUT2D eigenvalue weighted by Gasteiger charge is -2.21. The highest BCUT2D eigenvalue weighted by Crippen LogP contribution is 2.26. The van der Waals surface area contributed by atoms with E-state index < -0.39 is 6.10 Å². The molecule has 2 aromatic carbocycles. The van der Waals surface area contributed by atoms with Crippen LogP contribution in [0.25, 0.3) is 0 Å². The largest absolute Gasteiger partial charge is 0.508 e. The Morgan fingerprint density at radius 3 is 2.30 bits per heavy atom. The molecular formula is C17H21NO2. The second kappa shape index (κ2) is 7.08. The number of phenolic OH excluding ortho intramolecular Hbond substituents is 1. The predicted octanol–water partition coefficient (Wildman–Crippen LogP) is 3.17. The van der Waals surface area contributed by atoms with E-state index in [0.717, 1.165) is 17.5 Å². The zero-order valence-electron chi connectivity index (χ0n) is 11.7. The quantitative estimate of drug-likeness (QED) is 0.756. The lowest BCUT2D eigenvalue weighted by atomic mass is 10.0. The number of benzene rings is 2. The Morgan fingerprint density at radius 2 is 1.65 bits per heavy atom. The lowest BCUT2D eigenvalue weighted by Crippen LogP contribution is -2.26. The van der Waals surface area contributed by atoms with Gasteiger partial charge in [0.05, 0.1) is 6.10 Å². The van der Waals surface area contributed by atoms with E-state index in [0.29, 0.717) is 12.3 Å². The van der Waals surface area contributed by atoms with Gasteiger partial charge in [-0.3, -0.25) is 0 Å². The molecular weight excluding hydrogens is 250 g/mol. The van der Waals surface area contributed by atoms with E-state index in [9.17, 15) is 10.2 Å². The molecule has 0 aliphatic carbocycles. The Balaban J connectivity index is 2.00.